The number of hydrogen-bond donors (Lipinski definition) is 1. The monoisotopic (exact) mass is 308 g/mol. The molecular formula is C15H20N2O3S. The third-order valence-corrected chi connectivity index (χ3v) is 5.68. The molecule has 0 amide bonds. The van der Waals surface area contributed by atoms with Gasteiger partial charge in [0.25, 0.3) is 0 Å². The Morgan fingerprint density at radius 2 is 1.90 bits per heavy atom. The maximum Gasteiger partial charge on any atom is 0.243 e. The van der Waals surface area contributed by atoms with Gasteiger partial charge in [-0.25, -0.2) is 8.42 Å². The standard InChI is InChI=1S/C15H20N2O3S/c1-10-8-11(2)15(12(3)14(10)16)21(18,19)17(4)9-13-6-5-7-20-13/h5-8H,9,16H2,1-4H3. The number of furan rings is 1. The molecule has 0 saturated heterocycles. The van der Waals surface area contributed by atoms with Crippen LogP contribution in [0.4, 0.5) is 5.69 Å². The Morgan fingerprint density at radius 1 is 1.24 bits per heavy atom. The second-order valence-electron chi connectivity index (χ2n) is 5.22. The molecule has 0 radical (unpaired) electrons. The van der Waals surface area contributed by atoms with Crippen LogP contribution in [-0.2, 0) is 16.6 Å². The van der Waals surface area contributed by atoms with Crippen LogP contribution in [0, 0.1) is 20.8 Å². The lowest BCUT2D eigenvalue weighted by atomic mass is 10.1. The van der Waals surface area contributed by atoms with E-state index in [1.165, 1.54) is 17.6 Å². The summed E-state index contributed by atoms with van der Waals surface area (Å²) in [4.78, 5) is 0.277. The van der Waals surface area contributed by atoms with Crippen molar-refractivity contribution in [3.05, 3.63) is 46.9 Å². The van der Waals surface area contributed by atoms with E-state index in [1.807, 2.05) is 6.92 Å². The van der Waals surface area contributed by atoms with Crippen LogP contribution in [-0.4, -0.2) is 19.8 Å². The number of sulfonamides is 1. The second-order valence-corrected chi connectivity index (χ2v) is 7.20. The third kappa shape index (κ3) is 2.82. The summed E-state index contributed by atoms with van der Waals surface area (Å²) in [6.45, 7) is 5.58. The molecule has 0 aliphatic carbocycles. The van der Waals surface area contributed by atoms with E-state index < -0.39 is 10.0 Å². The highest BCUT2D eigenvalue weighted by Gasteiger charge is 2.27. The highest BCUT2D eigenvalue weighted by atomic mass is 32.2. The van der Waals surface area contributed by atoms with Crippen LogP contribution in [0.2, 0.25) is 0 Å². The van der Waals surface area contributed by atoms with Crippen LogP contribution >= 0.6 is 0 Å². The quantitative estimate of drug-likeness (QED) is 0.881. The van der Waals surface area contributed by atoms with Gasteiger partial charge in [0.1, 0.15) is 5.76 Å². The van der Waals surface area contributed by atoms with E-state index in [0.717, 1.165) is 5.56 Å². The van der Waals surface area contributed by atoms with Crippen molar-refractivity contribution in [2.75, 3.05) is 12.8 Å². The third-order valence-electron chi connectivity index (χ3n) is 3.59. The first-order valence-electron chi connectivity index (χ1n) is 6.60. The average molecular weight is 308 g/mol. The molecule has 1 aromatic heterocycles. The molecule has 0 bridgehead atoms. The molecule has 2 aromatic rings. The van der Waals surface area contributed by atoms with Crippen molar-refractivity contribution in [2.24, 2.45) is 0 Å². The minimum absolute atomic E-state index is 0.183. The molecule has 1 aromatic carbocycles. The van der Waals surface area contributed by atoms with E-state index in [0.29, 0.717) is 22.6 Å². The van der Waals surface area contributed by atoms with Gasteiger partial charge >= 0.3 is 0 Å². The Labute approximate surface area is 125 Å². The first-order chi connectivity index (χ1) is 9.75. The number of hydrogen-bond acceptors (Lipinski definition) is 4. The molecule has 0 fully saturated rings. The molecule has 0 spiro atoms. The van der Waals surface area contributed by atoms with Crippen LogP contribution in [0.15, 0.2) is 33.8 Å². The van der Waals surface area contributed by atoms with Crippen molar-refractivity contribution in [2.45, 2.75) is 32.2 Å². The van der Waals surface area contributed by atoms with Crippen molar-refractivity contribution < 1.29 is 12.8 Å². The summed E-state index contributed by atoms with van der Waals surface area (Å²) in [5.74, 6) is 0.594. The van der Waals surface area contributed by atoms with Crippen molar-refractivity contribution in [3.8, 4) is 0 Å². The zero-order chi connectivity index (χ0) is 15.8. The largest absolute Gasteiger partial charge is 0.468 e. The SMILES string of the molecule is Cc1cc(C)c(S(=O)(=O)N(C)Cc2ccco2)c(C)c1N. The second kappa shape index (κ2) is 5.54. The van der Waals surface area contributed by atoms with Gasteiger partial charge < -0.3 is 10.2 Å². The van der Waals surface area contributed by atoms with Crippen molar-refractivity contribution in [1.29, 1.82) is 0 Å². The van der Waals surface area contributed by atoms with E-state index in [-0.39, 0.29) is 11.4 Å². The van der Waals surface area contributed by atoms with Crippen molar-refractivity contribution >= 4 is 15.7 Å². The van der Waals surface area contributed by atoms with Gasteiger partial charge in [0.05, 0.1) is 17.7 Å². The van der Waals surface area contributed by atoms with Crippen LogP contribution in [0.5, 0.6) is 0 Å². The van der Waals surface area contributed by atoms with E-state index in [9.17, 15) is 8.42 Å². The molecule has 1 heterocycles. The number of rotatable bonds is 4. The Morgan fingerprint density at radius 3 is 2.48 bits per heavy atom. The number of anilines is 1. The first kappa shape index (κ1) is 15.6. The van der Waals surface area contributed by atoms with Crippen LogP contribution in [0.3, 0.4) is 0 Å². The predicted molar refractivity (Wildman–Crippen MR) is 82.4 cm³/mol. The smallest absolute Gasteiger partial charge is 0.243 e. The number of aryl methyl sites for hydroxylation is 2. The summed E-state index contributed by atoms with van der Waals surface area (Å²) in [6, 6.07) is 5.28. The summed E-state index contributed by atoms with van der Waals surface area (Å²) in [6.07, 6.45) is 1.52. The van der Waals surface area contributed by atoms with E-state index in [4.69, 9.17) is 10.2 Å². The molecule has 6 heteroatoms. The Balaban J connectivity index is 2.47. The fourth-order valence-corrected chi connectivity index (χ4v) is 4.01. The highest BCUT2D eigenvalue weighted by Crippen LogP contribution is 2.30. The minimum Gasteiger partial charge on any atom is -0.468 e. The van der Waals surface area contributed by atoms with Gasteiger partial charge in [0.15, 0.2) is 0 Å². The van der Waals surface area contributed by atoms with Gasteiger partial charge in [0, 0.05) is 12.7 Å². The topological polar surface area (TPSA) is 76.5 Å². The summed E-state index contributed by atoms with van der Waals surface area (Å²) < 4.78 is 32.1. The summed E-state index contributed by atoms with van der Waals surface area (Å²) in [7, 11) is -2.09. The summed E-state index contributed by atoms with van der Waals surface area (Å²) >= 11 is 0. The molecule has 0 aliphatic heterocycles. The maximum absolute atomic E-state index is 12.8. The average Bonchev–Trinajstić information content (AvgIpc) is 2.88. The normalized spacial score (nSPS) is 12.0. The van der Waals surface area contributed by atoms with E-state index in [1.54, 1.807) is 32.0 Å². The summed E-state index contributed by atoms with van der Waals surface area (Å²) in [5.41, 5.74) is 8.68. The summed E-state index contributed by atoms with van der Waals surface area (Å²) in [5, 5.41) is 0. The number of nitrogens with zero attached hydrogens (tertiary/aromatic N) is 1. The molecule has 5 nitrogen and oxygen atoms in total. The zero-order valence-corrected chi connectivity index (χ0v) is 13.5. The van der Waals surface area contributed by atoms with Crippen LogP contribution in [0.1, 0.15) is 22.5 Å². The van der Waals surface area contributed by atoms with Gasteiger partial charge in [0.2, 0.25) is 10.0 Å². The fraction of sp³-hybridized carbons (Fsp3) is 0.333. The number of nitrogen functional groups attached to an aromatic ring is 1. The van der Waals surface area contributed by atoms with Gasteiger partial charge in [-0.15, -0.1) is 0 Å². The Bertz CT molecular complexity index is 750. The van der Waals surface area contributed by atoms with Gasteiger partial charge in [-0.3, -0.25) is 0 Å². The van der Waals surface area contributed by atoms with Crippen LogP contribution < -0.4 is 5.73 Å². The highest BCUT2D eigenvalue weighted by molar-refractivity contribution is 7.89. The molecule has 2 rings (SSSR count). The molecule has 0 aliphatic rings. The lowest BCUT2D eigenvalue weighted by molar-refractivity contribution is 0.406. The molecule has 0 unspecified atom stereocenters. The molecule has 0 atom stereocenters. The molecule has 2 N–H and O–H groups in total. The Hall–Kier alpha value is -1.79. The van der Waals surface area contributed by atoms with E-state index >= 15 is 0 Å². The zero-order valence-electron chi connectivity index (χ0n) is 12.7. The molecule has 0 saturated carbocycles. The van der Waals surface area contributed by atoms with E-state index in [2.05, 4.69) is 0 Å². The number of benzene rings is 1. The van der Waals surface area contributed by atoms with Crippen molar-refractivity contribution in [1.82, 2.24) is 4.31 Å². The fourth-order valence-electron chi connectivity index (χ4n) is 2.44. The minimum atomic E-state index is -3.62. The maximum atomic E-state index is 12.8. The molecule has 114 valence electrons. The first-order valence-corrected chi connectivity index (χ1v) is 8.04. The van der Waals surface area contributed by atoms with Crippen molar-refractivity contribution in [3.63, 3.8) is 0 Å². The van der Waals surface area contributed by atoms with Crippen LogP contribution in [0.25, 0.3) is 0 Å². The molecule has 21 heavy (non-hydrogen) atoms. The van der Waals surface area contributed by atoms with Gasteiger partial charge in [-0.1, -0.05) is 6.07 Å². The predicted octanol–water partition coefficient (Wildman–Crippen LogP) is 2.61. The van der Waals surface area contributed by atoms with Gasteiger partial charge in [-0.2, -0.15) is 4.31 Å². The number of nitrogens with two attached hydrogens (primary N) is 1. The molecular weight excluding hydrogens is 288 g/mol. The lowest BCUT2D eigenvalue weighted by Crippen LogP contribution is -2.28. The van der Waals surface area contributed by atoms with Gasteiger partial charge in [-0.05, 0) is 49.6 Å². The Kier molecular flexibility index (Phi) is 4.11. The lowest BCUT2D eigenvalue weighted by Gasteiger charge is -2.21.